The van der Waals surface area contributed by atoms with Crippen molar-refractivity contribution in [2.75, 3.05) is 26.4 Å². The molecule has 94 heavy (non-hydrogen) atoms. The summed E-state index contributed by atoms with van der Waals surface area (Å²) in [6.45, 7) is 6.10. The first-order valence-electron chi connectivity index (χ1n) is 36.2. The van der Waals surface area contributed by atoms with E-state index in [1.165, 1.54) is 129 Å². The van der Waals surface area contributed by atoms with Crippen LogP contribution in [0, 0.1) is 5.92 Å². The van der Waals surface area contributed by atoms with Gasteiger partial charge in [-0.25, -0.2) is 0 Å². The fourth-order valence-corrected chi connectivity index (χ4v) is 12.9. The lowest BCUT2D eigenvalue weighted by Gasteiger charge is -2.48. The van der Waals surface area contributed by atoms with Crippen LogP contribution >= 0.6 is 0 Å². The Balaban J connectivity index is 1.40. The van der Waals surface area contributed by atoms with Crippen molar-refractivity contribution in [2.24, 2.45) is 5.92 Å². The Hall–Kier alpha value is -1.94. The van der Waals surface area contributed by atoms with Gasteiger partial charge in [0.1, 0.15) is 104 Å². The van der Waals surface area contributed by atoms with E-state index in [-0.39, 0.29) is 12.8 Å². The maximum absolute atomic E-state index is 13.7. The van der Waals surface area contributed by atoms with Gasteiger partial charge in [0.15, 0.2) is 25.2 Å². The van der Waals surface area contributed by atoms with Gasteiger partial charge in [-0.2, -0.15) is 0 Å². The van der Waals surface area contributed by atoms with Crippen molar-refractivity contribution in [3.05, 3.63) is 0 Å². The average Bonchev–Trinajstić information content (AvgIpc) is 0.793. The lowest BCUT2D eigenvalue weighted by molar-refractivity contribution is -0.373. The molecule has 4 fully saturated rings. The maximum atomic E-state index is 13.7. The number of carbonyl (C=O) groups is 2. The molecule has 26 nitrogen and oxygen atoms in total. The molecule has 4 aliphatic rings. The van der Waals surface area contributed by atoms with Crippen LogP contribution in [-0.4, -0.2) is 257 Å². The van der Waals surface area contributed by atoms with Gasteiger partial charge in [0.25, 0.3) is 0 Å². The van der Waals surface area contributed by atoms with E-state index in [4.69, 9.17) is 37.9 Å². The van der Waals surface area contributed by atoms with Crippen molar-refractivity contribution in [1.82, 2.24) is 10.6 Å². The predicted molar refractivity (Wildman–Crippen MR) is 346 cm³/mol. The van der Waals surface area contributed by atoms with E-state index in [1.54, 1.807) is 0 Å². The second-order valence-electron chi connectivity index (χ2n) is 27.3. The molecule has 554 valence electrons. The molecule has 25 unspecified atom stereocenters. The number of carbonyl (C=O) groups excluding carboxylic acids is 2. The van der Waals surface area contributed by atoms with Crippen LogP contribution in [0.2, 0.25) is 0 Å². The highest BCUT2D eigenvalue weighted by atomic mass is 16.8. The fraction of sp³-hybridized carbons (Fsp3) is 0.971. The molecule has 2 amide bonds. The van der Waals surface area contributed by atoms with Gasteiger partial charge in [-0.15, -0.1) is 0 Å². The van der Waals surface area contributed by atoms with E-state index >= 15 is 0 Å². The van der Waals surface area contributed by atoms with E-state index in [1.807, 2.05) is 0 Å². The Kier molecular flexibility index (Phi) is 42.4. The summed E-state index contributed by atoms with van der Waals surface area (Å²) in [6.07, 6.45) is -3.34. The van der Waals surface area contributed by atoms with Gasteiger partial charge >= 0.3 is 0 Å². The first-order chi connectivity index (χ1) is 45.1. The highest BCUT2D eigenvalue weighted by Crippen LogP contribution is 2.34. The topological polar surface area (TPSA) is 415 Å². The lowest BCUT2D eigenvalue weighted by Crippen LogP contribution is -2.68. The minimum absolute atomic E-state index is 0.124. The summed E-state index contributed by atoms with van der Waals surface area (Å²) in [6, 6.07) is -2.93. The first-order valence-corrected chi connectivity index (χ1v) is 36.2. The molecule has 25 atom stereocenters. The van der Waals surface area contributed by atoms with Crippen molar-refractivity contribution < 1.29 is 119 Å². The molecule has 4 heterocycles. The monoisotopic (exact) mass is 1360 g/mol. The molecule has 0 aromatic heterocycles. The minimum Gasteiger partial charge on any atom is -0.394 e. The first kappa shape index (κ1) is 84.5. The summed E-state index contributed by atoms with van der Waals surface area (Å²) in [5, 5.41) is 159. The van der Waals surface area contributed by atoms with Crippen LogP contribution in [0.5, 0.6) is 0 Å². The molecular weight excluding hydrogens is 1230 g/mol. The van der Waals surface area contributed by atoms with Gasteiger partial charge in [0.2, 0.25) is 11.8 Å². The van der Waals surface area contributed by atoms with Gasteiger partial charge < -0.3 is 120 Å². The van der Waals surface area contributed by atoms with Crippen LogP contribution < -0.4 is 10.6 Å². The van der Waals surface area contributed by atoms with Crippen molar-refractivity contribution in [3.8, 4) is 0 Å². The molecule has 4 aliphatic heterocycles. The Bertz CT molecular complexity index is 1960. The molecule has 0 aromatic carbocycles. The third kappa shape index (κ3) is 29.0. The summed E-state index contributed by atoms with van der Waals surface area (Å²) in [5.41, 5.74) is 0. The normalized spacial score (nSPS) is 33.2. The van der Waals surface area contributed by atoms with Crippen molar-refractivity contribution >= 4 is 11.8 Å². The number of amides is 2. The van der Waals surface area contributed by atoms with E-state index in [2.05, 4.69) is 31.4 Å². The SMILES string of the molecule is CCCCCCCCCCCCCCCCCCCCC(O)C(=O)NC(COC1OC(CO)C(O)C(O)C1OC1OC(COC2OC(CO)C(O)C(OC3OC(C)C(O)C(O)C3O)C2NC(C)=O)C(O)C(O)C1O)C(O)C(O)CCCCCCCCCCCCC(C)CC. The van der Waals surface area contributed by atoms with Gasteiger partial charge in [-0.3, -0.25) is 9.59 Å². The molecule has 4 saturated heterocycles. The highest BCUT2D eigenvalue weighted by Gasteiger charge is 2.54. The van der Waals surface area contributed by atoms with Crippen LogP contribution in [0.1, 0.15) is 240 Å². The smallest absolute Gasteiger partial charge is 0.249 e. The van der Waals surface area contributed by atoms with E-state index in [9.17, 15) is 81.1 Å². The number of aliphatic hydroxyl groups is 14. The minimum atomic E-state index is -2.10. The highest BCUT2D eigenvalue weighted by molar-refractivity contribution is 5.80. The van der Waals surface area contributed by atoms with Gasteiger partial charge in [0.05, 0.1) is 44.7 Å². The van der Waals surface area contributed by atoms with E-state index < -0.39 is 185 Å². The number of unbranched alkanes of at least 4 members (excludes halogenated alkanes) is 26. The van der Waals surface area contributed by atoms with Crippen LogP contribution in [-0.2, 0) is 47.5 Å². The third-order valence-corrected chi connectivity index (χ3v) is 19.4. The average molecular weight is 1360 g/mol. The fourth-order valence-electron chi connectivity index (χ4n) is 12.9. The molecule has 0 aromatic rings. The molecule has 0 saturated carbocycles. The lowest BCUT2D eigenvalue weighted by atomic mass is 9.95. The molecule has 26 heteroatoms. The molecule has 0 radical (unpaired) electrons. The number of aliphatic hydroxyl groups excluding tert-OH is 14. The summed E-state index contributed by atoms with van der Waals surface area (Å²) >= 11 is 0. The maximum Gasteiger partial charge on any atom is 0.249 e. The second-order valence-corrected chi connectivity index (χ2v) is 27.3. The quantitative estimate of drug-likeness (QED) is 0.0389. The zero-order valence-electron chi connectivity index (χ0n) is 57.2. The zero-order chi connectivity index (χ0) is 69.1. The summed E-state index contributed by atoms with van der Waals surface area (Å²) in [7, 11) is 0. The molecular formula is C68H128N2O24. The van der Waals surface area contributed by atoms with Gasteiger partial charge in [-0.1, -0.05) is 213 Å². The molecule has 0 aliphatic carbocycles. The second kappa shape index (κ2) is 47.2. The van der Waals surface area contributed by atoms with E-state index in [0.29, 0.717) is 12.8 Å². The van der Waals surface area contributed by atoms with Gasteiger partial charge in [-0.05, 0) is 25.7 Å². The Morgan fingerprint density at radius 2 is 0.883 bits per heavy atom. The van der Waals surface area contributed by atoms with Crippen LogP contribution in [0.4, 0.5) is 0 Å². The van der Waals surface area contributed by atoms with Crippen molar-refractivity contribution in [3.63, 3.8) is 0 Å². The Morgan fingerprint density at radius 1 is 0.457 bits per heavy atom. The number of rotatable bonds is 50. The van der Waals surface area contributed by atoms with Gasteiger partial charge in [0, 0.05) is 6.92 Å². The molecule has 4 rings (SSSR count). The third-order valence-electron chi connectivity index (χ3n) is 19.4. The summed E-state index contributed by atoms with van der Waals surface area (Å²) in [5.74, 6) is -0.787. The summed E-state index contributed by atoms with van der Waals surface area (Å²) < 4.78 is 47.2. The number of hydrogen-bond donors (Lipinski definition) is 16. The molecule has 0 spiro atoms. The number of ether oxygens (including phenoxy) is 8. The number of nitrogens with one attached hydrogen (secondary N) is 2. The molecule has 0 bridgehead atoms. The van der Waals surface area contributed by atoms with Crippen molar-refractivity contribution in [1.29, 1.82) is 0 Å². The van der Waals surface area contributed by atoms with Crippen LogP contribution in [0.15, 0.2) is 0 Å². The largest absolute Gasteiger partial charge is 0.394 e. The predicted octanol–water partition coefficient (Wildman–Crippen LogP) is 3.17. The zero-order valence-corrected chi connectivity index (χ0v) is 57.2. The molecule has 16 N–H and O–H groups in total. The Morgan fingerprint density at radius 3 is 1.38 bits per heavy atom. The summed E-state index contributed by atoms with van der Waals surface area (Å²) in [4.78, 5) is 26.3. The van der Waals surface area contributed by atoms with Crippen LogP contribution in [0.25, 0.3) is 0 Å². The van der Waals surface area contributed by atoms with Crippen LogP contribution in [0.3, 0.4) is 0 Å². The number of hydrogen-bond acceptors (Lipinski definition) is 24. The van der Waals surface area contributed by atoms with E-state index in [0.717, 1.165) is 70.6 Å². The Labute approximate surface area is 559 Å². The van der Waals surface area contributed by atoms with Crippen molar-refractivity contribution in [2.45, 2.75) is 387 Å². The standard InChI is InChI=1S/C68H128N2O24/c1-6-8-9-10-11-12-13-14-15-16-17-18-19-20-25-28-31-34-37-47(75)64(86)70-45(53(77)46(74)36-33-30-27-24-22-21-23-26-29-32-35-42(3)7-2)40-87-68-63(59(83)54(78)48(38-71)91-68)94-67-61(85)58(82)55(79)50(92-67)41-88-65-51(69-44(5)73)62(56(80)49(39-72)90-65)93-66-60(84)57(81)52(76)43(4)89-66/h42-43,45-63,65-68,71-72,74-85H,6-41H2,1-5H3,(H,69,73)(H,70,86).